The lowest BCUT2D eigenvalue weighted by atomic mass is 10.1. The van der Waals surface area contributed by atoms with E-state index in [0.717, 1.165) is 30.2 Å². The third-order valence-corrected chi connectivity index (χ3v) is 3.66. The average Bonchev–Trinajstić information content (AvgIpc) is 2.21. The van der Waals surface area contributed by atoms with Gasteiger partial charge in [0.2, 0.25) is 0 Å². The van der Waals surface area contributed by atoms with Crippen molar-refractivity contribution in [1.82, 2.24) is 0 Å². The van der Waals surface area contributed by atoms with Crippen molar-refractivity contribution in [2.45, 2.75) is 32.6 Å². The summed E-state index contributed by atoms with van der Waals surface area (Å²) in [5.74, 6) is 0. The van der Waals surface area contributed by atoms with Gasteiger partial charge < -0.3 is 9.64 Å². The van der Waals surface area contributed by atoms with Gasteiger partial charge in [-0.05, 0) is 26.0 Å². The third-order valence-electron chi connectivity index (χ3n) is 3.07. The Morgan fingerprint density at radius 3 is 2.47 bits per heavy atom. The maximum atomic E-state index is 6.19. The number of hydrogen-bond acceptors (Lipinski definition) is 1. The first-order valence-electron chi connectivity index (χ1n) is 5.97. The average molecular weight is 275 g/mol. The Morgan fingerprint density at radius 2 is 1.88 bits per heavy atom. The summed E-state index contributed by atoms with van der Waals surface area (Å²) in [6.45, 7) is 7.25. The Kier molecular flexibility index (Phi) is 4.31. The van der Waals surface area contributed by atoms with Crippen LogP contribution in [-0.2, 0) is 11.3 Å². The van der Waals surface area contributed by atoms with Gasteiger partial charge in [-0.1, -0.05) is 29.3 Å². The summed E-state index contributed by atoms with van der Waals surface area (Å²) < 4.78 is 5.73. The summed E-state index contributed by atoms with van der Waals surface area (Å²) in [6.07, 6.45) is 0.639. The molecule has 0 saturated carbocycles. The Hall–Kier alpha value is -0.280. The molecule has 2 rings (SSSR count). The molecule has 1 aliphatic heterocycles. The maximum Gasteiger partial charge on any atom is 0.104 e. The van der Waals surface area contributed by atoms with Crippen LogP contribution in [0.15, 0.2) is 18.2 Å². The second-order valence-corrected chi connectivity index (χ2v) is 5.67. The van der Waals surface area contributed by atoms with Crippen molar-refractivity contribution in [3.63, 3.8) is 0 Å². The van der Waals surface area contributed by atoms with Gasteiger partial charge >= 0.3 is 0 Å². The predicted molar refractivity (Wildman–Crippen MR) is 70.9 cm³/mol. The number of rotatable bonds is 2. The number of benzene rings is 1. The van der Waals surface area contributed by atoms with Crippen LogP contribution in [0.1, 0.15) is 19.4 Å². The van der Waals surface area contributed by atoms with Crippen molar-refractivity contribution in [3.8, 4) is 0 Å². The van der Waals surface area contributed by atoms with Crippen LogP contribution >= 0.6 is 23.2 Å². The molecular weight excluding hydrogens is 257 g/mol. The number of nitrogens with one attached hydrogen (secondary N) is 1. The van der Waals surface area contributed by atoms with Gasteiger partial charge in [-0.2, -0.15) is 0 Å². The largest absolute Gasteiger partial charge is 0.364 e. The molecule has 1 saturated heterocycles. The normalized spacial score (nSPS) is 29.3. The van der Waals surface area contributed by atoms with Crippen LogP contribution in [-0.4, -0.2) is 25.3 Å². The topological polar surface area (TPSA) is 13.7 Å². The molecule has 1 aromatic carbocycles. The summed E-state index contributed by atoms with van der Waals surface area (Å²) in [5.41, 5.74) is 1.16. The van der Waals surface area contributed by atoms with Gasteiger partial charge in [0.1, 0.15) is 31.8 Å². The fourth-order valence-electron chi connectivity index (χ4n) is 2.47. The van der Waals surface area contributed by atoms with Crippen molar-refractivity contribution < 1.29 is 9.64 Å². The van der Waals surface area contributed by atoms with Crippen molar-refractivity contribution in [2.75, 3.05) is 13.1 Å². The van der Waals surface area contributed by atoms with Crippen molar-refractivity contribution >= 4 is 23.2 Å². The van der Waals surface area contributed by atoms with Crippen molar-refractivity contribution in [2.24, 2.45) is 0 Å². The van der Waals surface area contributed by atoms with E-state index in [1.54, 1.807) is 0 Å². The Labute approximate surface area is 112 Å². The second-order valence-electron chi connectivity index (χ2n) is 4.83. The van der Waals surface area contributed by atoms with Crippen molar-refractivity contribution in [3.05, 3.63) is 33.8 Å². The van der Waals surface area contributed by atoms with Gasteiger partial charge in [0.25, 0.3) is 0 Å². The number of morpholine rings is 1. The zero-order valence-electron chi connectivity index (χ0n) is 10.2. The molecule has 94 valence electrons. The van der Waals surface area contributed by atoms with Crippen LogP contribution in [0.2, 0.25) is 10.0 Å². The van der Waals surface area contributed by atoms with E-state index < -0.39 is 0 Å². The predicted octanol–water partition coefficient (Wildman–Crippen LogP) is 2.19. The highest BCUT2D eigenvalue weighted by Gasteiger charge is 2.25. The maximum absolute atomic E-state index is 6.19. The van der Waals surface area contributed by atoms with Gasteiger partial charge in [-0.25, -0.2) is 0 Å². The van der Waals surface area contributed by atoms with Crippen LogP contribution < -0.4 is 4.90 Å². The first kappa shape index (κ1) is 13.2. The van der Waals surface area contributed by atoms with E-state index in [1.165, 1.54) is 4.90 Å². The Morgan fingerprint density at radius 1 is 1.24 bits per heavy atom. The van der Waals surface area contributed by atoms with Gasteiger partial charge in [-0.15, -0.1) is 0 Å². The molecule has 4 heteroatoms. The fraction of sp³-hybridized carbons (Fsp3) is 0.538. The second kappa shape index (κ2) is 5.57. The molecule has 0 amide bonds. The summed E-state index contributed by atoms with van der Waals surface area (Å²) in [4.78, 5) is 1.51. The zero-order valence-corrected chi connectivity index (χ0v) is 11.7. The lowest BCUT2D eigenvalue weighted by Crippen LogP contribution is -3.14. The number of halogens is 2. The summed E-state index contributed by atoms with van der Waals surface area (Å²) in [7, 11) is 0. The highest BCUT2D eigenvalue weighted by molar-refractivity contribution is 6.35. The minimum absolute atomic E-state index is 0.319. The van der Waals surface area contributed by atoms with Crippen molar-refractivity contribution in [1.29, 1.82) is 0 Å². The molecule has 0 radical (unpaired) electrons. The smallest absolute Gasteiger partial charge is 0.104 e. The lowest BCUT2D eigenvalue weighted by molar-refractivity contribution is -0.928. The van der Waals surface area contributed by atoms with E-state index in [4.69, 9.17) is 27.9 Å². The van der Waals surface area contributed by atoms with Crippen LogP contribution in [0.5, 0.6) is 0 Å². The van der Waals surface area contributed by atoms with Gasteiger partial charge in [-0.3, -0.25) is 0 Å². The highest BCUT2D eigenvalue weighted by Crippen LogP contribution is 2.20. The van der Waals surface area contributed by atoms with E-state index in [9.17, 15) is 0 Å². The quantitative estimate of drug-likeness (QED) is 0.873. The molecular formula is C13H18Cl2NO+. The van der Waals surface area contributed by atoms with E-state index in [0.29, 0.717) is 17.2 Å². The molecule has 1 N–H and O–H groups in total. The molecule has 0 unspecified atom stereocenters. The molecule has 1 aliphatic rings. The monoisotopic (exact) mass is 274 g/mol. The molecule has 2 atom stereocenters. The van der Waals surface area contributed by atoms with E-state index in [2.05, 4.69) is 13.8 Å². The first-order valence-corrected chi connectivity index (χ1v) is 6.73. The van der Waals surface area contributed by atoms with E-state index in [-0.39, 0.29) is 0 Å². The van der Waals surface area contributed by atoms with Crippen LogP contribution in [0, 0.1) is 0 Å². The van der Waals surface area contributed by atoms with E-state index >= 15 is 0 Å². The molecule has 0 aliphatic carbocycles. The van der Waals surface area contributed by atoms with Gasteiger partial charge in [0, 0.05) is 10.6 Å². The minimum atomic E-state index is 0.319. The van der Waals surface area contributed by atoms with E-state index in [1.807, 2.05) is 18.2 Å². The van der Waals surface area contributed by atoms with Gasteiger partial charge in [0.15, 0.2) is 0 Å². The molecule has 0 spiro atoms. The fourth-order valence-corrected chi connectivity index (χ4v) is 2.94. The van der Waals surface area contributed by atoms with Crippen LogP contribution in [0.4, 0.5) is 0 Å². The Balaban J connectivity index is 2.04. The van der Waals surface area contributed by atoms with Gasteiger partial charge in [0.05, 0.1) is 5.02 Å². The zero-order chi connectivity index (χ0) is 12.4. The third kappa shape index (κ3) is 3.59. The lowest BCUT2D eigenvalue weighted by Gasteiger charge is -2.32. The number of ether oxygens (including phenoxy) is 1. The summed E-state index contributed by atoms with van der Waals surface area (Å²) in [5, 5.41) is 1.45. The highest BCUT2D eigenvalue weighted by atomic mass is 35.5. The van der Waals surface area contributed by atoms with Crippen LogP contribution in [0.25, 0.3) is 0 Å². The Bertz CT molecular complexity index is 387. The standard InChI is InChI=1S/C13H17Cl2NO/c1-9-6-16(7-10(2)17-9)8-11-3-4-12(14)5-13(11)15/h3-5,9-10H,6-8H2,1-2H3/p+1/t9-,10-/m1/s1. The SMILES string of the molecule is C[C@@H]1C[NH+](Cc2ccc(Cl)cc2Cl)C[C@@H](C)O1. The number of quaternary nitrogens is 1. The molecule has 17 heavy (non-hydrogen) atoms. The molecule has 0 aromatic heterocycles. The molecule has 0 bridgehead atoms. The summed E-state index contributed by atoms with van der Waals surface area (Å²) >= 11 is 12.1. The van der Waals surface area contributed by atoms with Crippen LogP contribution in [0.3, 0.4) is 0 Å². The summed E-state index contributed by atoms with van der Waals surface area (Å²) in [6, 6.07) is 5.73. The first-order chi connectivity index (χ1) is 8.04. The molecule has 1 fully saturated rings. The number of hydrogen-bond donors (Lipinski definition) is 1. The molecule has 1 aromatic rings. The minimum Gasteiger partial charge on any atom is -0.364 e. The molecule has 1 heterocycles. The molecule has 2 nitrogen and oxygen atoms in total.